The number of carbonyl (C=O) groups excluding carboxylic acids is 1. The smallest absolute Gasteiger partial charge is 0.243 e. The van der Waals surface area contributed by atoms with E-state index in [0.29, 0.717) is 41.4 Å². The second-order valence-corrected chi connectivity index (χ2v) is 6.03. The first-order valence-electron chi connectivity index (χ1n) is 8.26. The van der Waals surface area contributed by atoms with Crippen molar-refractivity contribution in [2.24, 2.45) is 0 Å². The van der Waals surface area contributed by atoms with E-state index in [9.17, 15) is 13.6 Å². The van der Waals surface area contributed by atoms with Gasteiger partial charge in [0, 0.05) is 18.7 Å². The molecule has 0 fully saturated rings. The molecule has 26 heavy (non-hydrogen) atoms. The normalized spacial score (nSPS) is 13.2. The molecule has 138 valence electrons. The second kappa shape index (κ2) is 7.59. The van der Waals surface area contributed by atoms with Crippen LogP contribution in [0, 0.1) is 11.6 Å². The first-order valence-corrected chi connectivity index (χ1v) is 8.26. The molecule has 0 aliphatic carbocycles. The molecule has 1 heterocycles. The van der Waals surface area contributed by atoms with E-state index >= 15 is 0 Å². The van der Waals surface area contributed by atoms with Gasteiger partial charge in [0.05, 0.1) is 32.1 Å². The van der Waals surface area contributed by atoms with Gasteiger partial charge in [-0.15, -0.1) is 0 Å². The number of hydrogen-bond donors (Lipinski definition) is 1. The van der Waals surface area contributed by atoms with Crippen molar-refractivity contribution < 1.29 is 23.0 Å². The molecule has 0 atom stereocenters. The molecule has 0 radical (unpaired) electrons. The third kappa shape index (κ3) is 3.71. The van der Waals surface area contributed by atoms with E-state index in [1.165, 1.54) is 20.3 Å². The molecule has 2 aromatic carbocycles. The maximum absolute atomic E-state index is 14.2. The van der Waals surface area contributed by atoms with Gasteiger partial charge in [0.25, 0.3) is 0 Å². The summed E-state index contributed by atoms with van der Waals surface area (Å²) < 4.78 is 38.0. The Kier molecular flexibility index (Phi) is 5.25. The maximum Gasteiger partial charge on any atom is 0.243 e. The first kappa shape index (κ1) is 18.0. The number of anilines is 2. The minimum absolute atomic E-state index is 0.0370. The van der Waals surface area contributed by atoms with E-state index in [2.05, 4.69) is 5.32 Å². The molecule has 1 N–H and O–H groups in total. The van der Waals surface area contributed by atoms with Crippen LogP contribution in [-0.4, -0.2) is 33.2 Å². The summed E-state index contributed by atoms with van der Waals surface area (Å²) in [5.74, 6) is -0.492. The molecular weight excluding hydrogens is 342 g/mol. The van der Waals surface area contributed by atoms with E-state index in [1.807, 2.05) is 0 Å². The van der Waals surface area contributed by atoms with E-state index < -0.39 is 11.6 Å². The fourth-order valence-corrected chi connectivity index (χ4v) is 3.16. The maximum atomic E-state index is 14.2. The third-order valence-electron chi connectivity index (χ3n) is 4.31. The van der Waals surface area contributed by atoms with Crippen LogP contribution in [0.4, 0.5) is 20.2 Å². The van der Waals surface area contributed by atoms with Crippen LogP contribution in [0.2, 0.25) is 0 Å². The SMILES string of the molecule is COc1ccc(NC(=O)CN2CCCc3cc(F)cc(F)c32)c(OC)c1. The summed E-state index contributed by atoms with van der Waals surface area (Å²) in [7, 11) is 3.04. The number of carbonyl (C=O) groups is 1. The van der Waals surface area contributed by atoms with Crippen LogP contribution < -0.4 is 19.7 Å². The molecule has 0 aromatic heterocycles. The first-order chi connectivity index (χ1) is 12.5. The van der Waals surface area contributed by atoms with Crippen molar-refractivity contribution >= 4 is 17.3 Å². The molecule has 0 saturated carbocycles. The van der Waals surface area contributed by atoms with Gasteiger partial charge in [0.1, 0.15) is 23.1 Å². The molecule has 0 unspecified atom stereocenters. The molecule has 1 aliphatic rings. The Morgan fingerprint density at radius 1 is 1.19 bits per heavy atom. The Balaban J connectivity index is 1.76. The molecule has 0 spiro atoms. The van der Waals surface area contributed by atoms with Gasteiger partial charge >= 0.3 is 0 Å². The number of rotatable bonds is 5. The van der Waals surface area contributed by atoms with Gasteiger partial charge in [-0.2, -0.15) is 0 Å². The lowest BCUT2D eigenvalue weighted by atomic mass is 10.0. The summed E-state index contributed by atoms with van der Waals surface area (Å²) in [6, 6.07) is 7.22. The summed E-state index contributed by atoms with van der Waals surface area (Å²) in [5.41, 5.74) is 1.38. The van der Waals surface area contributed by atoms with Crippen molar-refractivity contribution in [1.29, 1.82) is 0 Å². The Hall–Kier alpha value is -2.83. The molecule has 0 bridgehead atoms. The van der Waals surface area contributed by atoms with Crippen molar-refractivity contribution in [2.75, 3.05) is 37.5 Å². The van der Waals surface area contributed by atoms with Crippen molar-refractivity contribution in [3.63, 3.8) is 0 Å². The molecule has 7 heteroatoms. The quantitative estimate of drug-likeness (QED) is 0.886. The summed E-state index contributed by atoms with van der Waals surface area (Å²) in [4.78, 5) is 14.1. The number of aryl methyl sites for hydroxylation is 1. The summed E-state index contributed by atoms with van der Waals surface area (Å²) >= 11 is 0. The number of fused-ring (bicyclic) bond motifs is 1. The third-order valence-corrected chi connectivity index (χ3v) is 4.31. The lowest BCUT2D eigenvalue weighted by Gasteiger charge is -2.31. The number of methoxy groups -OCH3 is 2. The van der Waals surface area contributed by atoms with Crippen LogP contribution in [0.1, 0.15) is 12.0 Å². The summed E-state index contributed by atoms with van der Waals surface area (Å²) in [6.45, 7) is 0.494. The van der Waals surface area contributed by atoms with Crippen LogP contribution in [0.5, 0.6) is 11.5 Å². The van der Waals surface area contributed by atoms with E-state index in [-0.39, 0.29) is 12.5 Å². The number of halogens is 2. The van der Waals surface area contributed by atoms with Gasteiger partial charge in [0.2, 0.25) is 5.91 Å². The van der Waals surface area contributed by atoms with Crippen molar-refractivity contribution in [1.82, 2.24) is 0 Å². The molecule has 0 saturated heterocycles. The van der Waals surface area contributed by atoms with Crippen LogP contribution in [-0.2, 0) is 11.2 Å². The monoisotopic (exact) mass is 362 g/mol. The average molecular weight is 362 g/mol. The second-order valence-electron chi connectivity index (χ2n) is 6.03. The zero-order valence-electron chi connectivity index (χ0n) is 14.6. The molecule has 3 rings (SSSR count). The number of benzene rings is 2. The Labute approximate surface area is 150 Å². The van der Waals surface area contributed by atoms with E-state index in [0.717, 1.165) is 12.5 Å². The number of nitrogens with zero attached hydrogens (tertiary/aromatic N) is 1. The largest absolute Gasteiger partial charge is 0.497 e. The number of ether oxygens (including phenoxy) is 2. The highest BCUT2D eigenvalue weighted by molar-refractivity contribution is 5.95. The number of amides is 1. The van der Waals surface area contributed by atoms with E-state index in [1.54, 1.807) is 23.1 Å². The predicted octanol–water partition coefficient (Wildman–Crippen LogP) is 3.37. The number of nitrogens with one attached hydrogen (secondary N) is 1. The Morgan fingerprint density at radius 2 is 2.00 bits per heavy atom. The van der Waals surface area contributed by atoms with Crippen LogP contribution >= 0.6 is 0 Å². The number of hydrogen-bond acceptors (Lipinski definition) is 4. The fourth-order valence-electron chi connectivity index (χ4n) is 3.16. The standard InChI is InChI=1S/C19H20F2N2O3/c1-25-14-5-6-16(17(10-14)26-2)22-18(24)11-23-7-3-4-12-8-13(20)9-15(21)19(12)23/h5-6,8-10H,3-4,7,11H2,1-2H3,(H,22,24). The lowest BCUT2D eigenvalue weighted by molar-refractivity contribution is -0.115. The molecule has 1 aliphatic heterocycles. The molecule has 5 nitrogen and oxygen atoms in total. The highest BCUT2D eigenvalue weighted by Gasteiger charge is 2.24. The van der Waals surface area contributed by atoms with Crippen molar-refractivity contribution in [3.8, 4) is 11.5 Å². The zero-order chi connectivity index (χ0) is 18.7. The summed E-state index contributed by atoms with van der Waals surface area (Å²) in [6.07, 6.45) is 1.32. The molecule has 1 amide bonds. The van der Waals surface area contributed by atoms with Gasteiger partial charge in [-0.1, -0.05) is 0 Å². The van der Waals surface area contributed by atoms with Crippen molar-refractivity contribution in [3.05, 3.63) is 47.5 Å². The minimum atomic E-state index is -0.644. The molecule has 2 aromatic rings. The Bertz CT molecular complexity index is 827. The van der Waals surface area contributed by atoms with Gasteiger partial charge in [-0.25, -0.2) is 8.78 Å². The fraction of sp³-hybridized carbons (Fsp3) is 0.316. The van der Waals surface area contributed by atoms with Gasteiger partial charge in [-0.05, 0) is 36.6 Å². The summed E-state index contributed by atoms with van der Waals surface area (Å²) in [5, 5.41) is 2.76. The van der Waals surface area contributed by atoms with E-state index in [4.69, 9.17) is 9.47 Å². The van der Waals surface area contributed by atoms with Gasteiger partial charge in [0.15, 0.2) is 0 Å². The highest BCUT2D eigenvalue weighted by Crippen LogP contribution is 2.32. The van der Waals surface area contributed by atoms with Crippen LogP contribution in [0.15, 0.2) is 30.3 Å². The molecular formula is C19H20F2N2O3. The average Bonchev–Trinajstić information content (AvgIpc) is 2.61. The van der Waals surface area contributed by atoms with Crippen molar-refractivity contribution in [2.45, 2.75) is 12.8 Å². The van der Waals surface area contributed by atoms with Gasteiger partial charge < -0.3 is 19.7 Å². The van der Waals surface area contributed by atoms with Gasteiger partial charge in [-0.3, -0.25) is 4.79 Å². The minimum Gasteiger partial charge on any atom is -0.497 e. The Morgan fingerprint density at radius 3 is 2.73 bits per heavy atom. The predicted molar refractivity (Wildman–Crippen MR) is 95.1 cm³/mol. The van der Waals surface area contributed by atoms with Crippen LogP contribution in [0.3, 0.4) is 0 Å². The lowest BCUT2D eigenvalue weighted by Crippen LogP contribution is -2.37. The van der Waals surface area contributed by atoms with Crippen LogP contribution in [0.25, 0.3) is 0 Å². The topological polar surface area (TPSA) is 50.8 Å². The zero-order valence-corrected chi connectivity index (χ0v) is 14.6. The highest BCUT2D eigenvalue weighted by atomic mass is 19.1.